The van der Waals surface area contributed by atoms with E-state index in [1.165, 1.54) is 4.90 Å². The zero-order chi connectivity index (χ0) is 25.7. The molecule has 1 heterocycles. The number of carbonyl (C=O) groups excluding carboxylic acids is 2. The van der Waals surface area contributed by atoms with Crippen LogP contribution in [0, 0.1) is 0 Å². The summed E-state index contributed by atoms with van der Waals surface area (Å²) >= 11 is 0. The summed E-state index contributed by atoms with van der Waals surface area (Å²) in [6.07, 6.45) is 1.15. The van der Waals surface area contributed by atoms with Gasteiger partial charge in [0.2, 0.25) is 5.91 Å². The Kier molecular flexibility index (Phi) is 7.84. The number of hydrogen-bond donors (Lipinski definition) is 1. The van der Waals surface area contributed by atoms with E-state index >= 15 is 0 Å². The molecule has 1 saturated heterocycles. The molecule has 1 aliphatic heterocycles. The van der Waals surface area contributed by atoms with Crippen LogP contribution in [-0.2, 0) is 16.1 Å². The summed E-state index contributed by atoms with van der Waals surface area (Å²) in [6.45, 7) is 4.76. The summed E-state index contributed by atoms with van der Waals surface area (Å²) in [5.41, 5.74) is 3.13. The van der Waals surface area contributed by atoms with Gasteiger partial charge in [-0.2, -0.15) is 0 Å². The predicted molar refractivity (Wildman–Crippen MR) is 139 cm³/mol. The lowest BCUT2D eigenvalue weighted by molar-refractivity contribution is -0.141. The third-order valence-corrected chi connectivity index (χ3v) is 6.74. The Morgan fingerprint density at radius 3 is 2.08 bits per heavy atom. The van der Waals surface area contributed by atoms with Crippen LogP contribution in [0.2, 0.25) is 0 Å². The largest absolute Gasteiger partial charge is 0.480 e. The number of benzene rings is 3. The normalized spacial score (nSPS) is 15.3. The van der Waals surface area contributed by atoms with Gasteiger partial charge in [0.1, 0.15) is 6.04 Å². The maximum atomic E-state index is 14.0. The molecule has 6 heteroatoms. The van der Waals surface area contributed by atoms with E-state index in [0.29, 0.717) is 31.5 Å². The first-order valence-corrected chi connectivity index (χ1v) is 12.4. The first-order valence-electron chi connectivity index (χ1n) is 12.4. The predicted octanol–water partition coefficient (Wildman–Crippen LogP) is 4.94. The number of nitrogens with zero attached hydrogens (tertiary/aromatic N) is 2. The number of aliphatic carboxylic acids is 1. The van der Waals surface area contributed by atoms with Gasteiger partial charge in [0.15, 0.2) is 0 Å². The van der Waals surface area contributed by atoms with Crippen LogP contribution in [-0.4, -0.2) is 51.3 Å². The van der Waals surface area contributed by atoms with Crippen molar-refractivity contribution in [2.45, 2.75) is 51.2 Å². The van der Waals surface area contributed by atoms with Crippen molar-refractivity contribution in [3.8, 4) is 0 Å². The molecule has 36 heavy (non-hydrogen) atoms. The fourth-order valence-electron chi connectivity index (χ4n) is 4.88. The van der Waals surface area contributed by atoms with Crippen molar-refractivity contribution in [3.05, 3.63) is 107 Å². The number of amides is 2. The van der Waals surface area contributed by atoms with Gasteiger partial charge in [-0.15, -0.1) is 0 Å². The van der Waals surface area contributed by atoms with Crippen LogP contribution < -0.4 is 0 Å². The van der Waals surface area contributed by atoms with Crippen LogP contribution in [0.1, 0.15) is 59.7 Å². The van der Waals surface area contributed by atoms with Gasteiger partial charge < -0.3 is 14.9 Å². The summed E-state index contributed by atoms with van der Waals surface area (Å²) in [5, 5.41) is 9.48. The highest BCUT2D eigenvalue weighted by atomic mass is 16.4. The summed E-state index contributed by atoms with van der Waals surface area (Å²) in [4.78, 5) is 42.0. The van der Waals surface area contributed by atoms with E-state index in [9.17, 15) is 19.5 Å². The average Bonchev–Trinajstić information content (AvgIpc) is 3.39. The molecule has 2 amide bonds. The van der Waals surface area contributed by atoms with Crippen molar-refractivity contribution in [2.24, 2.45) is 0 Å². The molecule has 3 aromatic rings. The van der Waals surface area contributed by atoms with Crippen LogP contribution in [0.3, 0.4) is 0 Å². The first kappa shape index (κ1) is 25.2. The Labute approximate surface area is 212 Å². The van der Waals surface area contributed by atoms with E-state index in [0.717, 1.165) is 16.7 Å². The molecular weight excluding hydrogens is 452 g/mol. The molecule has 0 radical (unpaired) electrons. The summed E-state index contributed by atoms with van der Waals surface area (Å²) in [6, 6.07) is 25.9. The van der Waals surface area contributed by atoms with Gasteiger partial charge in [0, 0.05) is 24.7 Å². The Morgan fingerprint density at radius 2 is 1.53 bits per heavy atom. The van der Waals surface area contributed by atoms with Crippen LogP contribution in [0.25, 0.3) is 0 Å². The molecule has 0 aliphatic carbocycles. The highest BCUT2D eigenvalue weighted by Gasteiger charge is 2.34. The van der Waals surface area contributed by atoms with Gasteiger partial charge in [-0.05, 0) is 55.5 Å². The number of carboxylic acids is 1. The van der Waals surface area contributed by atoms with Crippen molar-refractivity contribution < 1.29 is 19.5 Å². The third kappa shape index (κ3) is 5.48. The average molecular weight is 485 g/mol. The lowest BCUT2D eigenvalue weighted by atomic mass is 9.89. The van der Waals surface area contributed by atoms with Crippen molar-refractivity contribution in [1.29, 1.82) is 0 Å². The van der Waals surface area contributed by atoms with Gasteiger partial charge in [-0.3, -0.25) is 9.59 Å². The number of carbonyl (C=O) groups is 3. The van der Waals surface area contributed by atoms with Gasteiger partial charge in [0.05, 0.1) is 5.92 Å². The second kappa shape index (κ2) is 11.2. The molecule has 0 unspecified atom stereocenters. The molecule has 6 nitrogen and oxygen atoms in total. The minimum absolute atomic E-state index is 0.00962. The topological polar surface area (TPSA) is 77.9 Å². The standard InChI is InChI=1S/C30H32N2O4/c1-21(2)32(29(34)27(23-12-5-3-6-13-23)24-14-7-4-8-15-24)20-22-11-9-16-25(19-22)28(33)31-18-10-17-26(31)30(35)36/h3-9,11-16,19,21,26-27H,10,17-18,20H2,1-2H3,(H,35,36)/t26-/m1/s1. The van der Waals surface area contributed by atoms with Crippen molar-refractivity contribution in [3.63, 3.8) is 0 Å². The Hall–Kier alpha value is -3.93. The van der Waals surface area contributed by atoms with Gasteiger partial charge in [-0.25, -0.2) is 4.79 Å². The molecule has 3 aromatic carbocycles. The highest BCUT2D eigenvalue weighted by Crippen LogP contribution is 2.29. The SMILES string of the molecule is CC(C)N(Cc1cccc(C(=O)N2CCC[C@@H]2C(=O)O)c1)C(=O)C(c1ccccc1)c1ccccc1. The molecular formula is C30H32N2O4. The fourth-order valence-corrected chi connectivity index (χ4v) is 4.88. The number of hydrogen-bond acceptors (Lipinski definition) is 3. The quantitative estimate of drug-likeness (QED) is 0.491. The van der Waals surface area contributed by atoms with E-state index < -0.39 is 17.9 Å². The molecule has 0 aromatic heterocycles. The molecule has 0 spiro atoms. The monoisotopic (exact) mass is 484 g/mol. The van der Waals surface area contributed by atoms with Crippen molar-refractivity contribution in [2.75, 3.05) is 6.54 Å². The minimum atomic E-state index is -0.971. The number of rotatable bonds is 8. The van der Waals surface area contributed by atoms with E-state index in [1.807, 2.05) is 85.5 Å². The van der Waals surface area contributed by atoms with E-state index in [-0.39, 0.29) is 17.9 Å². The summed E-state index contributed by atoms with van der Waals surface area (Å²) < 4.78 is 0. The second-order valence-electron chi connectivity index (χ2n) is 9.51. The highest BCUT2D eigenvalue weighted by molar-refractivity contribution is 5.97. The third-order valence-electron chi connectivity index (χ3n) is 6.74. The van der Waals surface area contributed by atoms with Gasteiger partial charge >= 0.3 is 5.97 Å². The van der Waals surface area contributed by atoms with Crippen LogP contribution in [0.5, 0.6) is 0 Å². The lowest BCUT2D eigenvalue weighted by Crippen LogP contribution is -2.41. The van der Waals surface area contributed by atoms with E-state index in [4.69, 9.17) is 0 Å². The molecule has 1 atom stereocenters. The maximum absolute atomic E-state index is 14.0. The smallest absolute Gasteiger partial charge is 0.326 e. The van der Waals surface area contributed by atoms with Crippen LogP contribution >= 0.6 is 0 Å². The van der Waals surface area contributed by atoms with Crippen molar-refractivity contribution in [1.82, 2.24) is 9.80 Å². The lowest BCUT2D eigenvalue weighted by Gasteiger charge is -2.31. The van der Waals surface area contributed by atoms with E-state index in [1.54, 1.807) is 18.2 Å². The second-order valence-corrected chi connectivity index (χ2v) is 9.51. The molecule has 1 fully saturated rings. The zero-order valence-electron chi connectivity index (χ0n) is 20.7. The first-order chi connectivity index (χ1) is 17.4. The summed E-state index contributed by atoms with van der Waals surface area (Å²) in [7, 11) is 0. The Bertz CT molecular complexity index is 1170. The van der Waals surface area contributed by atoms with Crippen molar-refractivity contribution >= 4 is 17.8 Å². The molecule has 0 bridgehead atoms. The fraction of sp³-hybridized carbons (Fsp3) is 0.300. The number of likely N-dealkylation sites (tertiary alicyclic amines) is 1. The zero-order valence-corrected chi connectivity index (χ0v) is 20.7. The molecule has 0 saturated carbocycles. The van der Waals surface area contributed by atoms with Crippen LogP contribution in [0.15, 0.2) is 84.9 Å². The molecule has 1 N–H and O–H groups in total. The van der Waals surface area contributed by atoms with Gasteiger partial charge in [0.25, 0.3) is 5.91 Å². The molecule has 1 aliphatic rings. The van der Waals surface area contributed by atoms with Gasteiger partial charge in [-0.1, -0.05) is 72.8 Å². The maximum Gasteiger partial charge on any atom is 0.326 e. The Balaban J connectivity index is 1.61. The van der Waals surface area contributed by atoms with E-state index in [2.05, 4.69) is 0 Å². The molecule has 4 rings (SSSR count). The number of carboxylic acid groups (broad SMARTS) is 1. The summed E-state index contributed by atoms with van der Waals surface area (Å²) in [5.74, 6) is -1.71. The molecule has 186 valence electrons. The van der Waals surface area contributed by atoms with Crippen LogP contribution in [0.4, 0.5) is 0 Å². The Morgan fingerprint density at radius 1 is 0.917 bits per heavy atom. The minimum Gasteiger partial charge on any atom is -0.480 e.